The van der Waals surface area contributed by atoms with Crippen LogP contribution in [0.3, 0.4) is 0 Å². The molecule has 22 heavy (non-hydrogen) atoms. The second-order valence-electron chi connectivity index (χ2n) is 6.17. The fraction of sp³-hybridized carbons (Fsp3) is 0.500. The van der Waals surface area contributed by atoms with Crippen LogP contribution in [-0.4, -0.2) is 23.7 Å². The molecular formula is C18H24N2O2. The van der Waals surface area contributed by atoms with Crippen molar-refractivity contribution >= 4 is 16.9 Å². The average molecular weight is 300 g/mol. The Kier molecular flexibility index (Phi) is 4.21. The van der Waals surface area contributed by atoms with Crippen LogP contribution in [0.25, 0.3) is 10.9 Å². The molecular weight excluding hydrogens is 276 g/mol. The molecule has 0 radical (unpaired) electrons. The van der Waals surface area contributed by atoms with E-state index in [-0.39, 0.29) is 5.97 Å². The third kappa shape index (κ3) is 2.63. The summed E-state index contributed by atoms with van der Waals surface area (Å²) in [7, 11) is 0. The van der Waals surface area contributed by atoms with Gasteiger partial charge in [0.05, 0.1) is 6.61 Å². The van der Waals surface area contributed by atoms with Gasteiger partial charge in [0, 0.05) is 36.1 Å². The SMILES string of the molecule is CCOC(=O)Cn1c2c(c3cc(C(C)C)ccc31)CNCC2. The highest BCUT2D eigenvalue weighted by molar-refractivity contribution is 5.88. The van der Waals surface area contributed by atoms with Gasteiger partial charge in [0.2, 0.25) is 0 Å². The lowest BCUT2D eigenvalue weighted by Crippen LogP contribution is -2.25. The molecule has 1 aliphatic heterocycles. The summed E-state index contributed by atoms with van der Waals surface area (Å²) >= 11 is 0. The quantitative estimate of drug-likeness (QED) is 0.883. The standard InChI is InChI=1S/C18H24N2O2/c1-4-22-18(21)11-20-16-6-5-13(12(2)3)9-14(16)15-10-19-8-7-17(15)20/h5-6,9,12,19H,4,7-8,10-11H2,1-3H3. The van der Waals surface area contributed by atoms with E-state index in [4.69, 9.17) is 4.74 Å². The lowest BCUT2D eigenvalue weighted by atomic mass is 9.99. The highest BCUT2D eigenvalue weighted by Crippen LogP contribution is 2.31. The van der Waals surface area contributed by atoms with Crippen molar-refractivity contribution in [3.8, 4) is 0 Å². The van der Waals surface area contributed by atoms with Gasteiger partial charge in [-0.25, -0.2) is 0 Å². The molecule has 118 valence electrons. The first kappa shape index (κ1) is 15.1. The number of esters is 1. The molecule has 0 amide bonds. The molecule has 0 saturated heterocycles. The zero-order valence-corrected chi connectivity index (χ0v) is 13.6. The Morgan fingerprint density at radius 1 is 1.41 bits per heavy atom. The third-order valence-corrected chi connectivity index (χ3v) is 4.41. The molecule has 0 saturated carbocycles. The van der Waals surface area contributed by atoms with E-state index in [0.29, 0.717) is 19.1 Å². The predicted octanol–water partition coefficient (Wildman–Crippen LogP) is 2.97. The molecule has 0 aliphatic carbocycles. The molecule has 0 fully saturated rings. The van der Waals surface area contributed by atoms with E-state index in [1.165, 1.54) is 22.2 Å². The van der Waals surface area contributed by atoms with Crippen LogP contribution in [0.2, 0.25) is 0 Å². The first-order chi connectivity index (χ1) is 10.6. The number of aromatic nitrogens is 1. The van der Waals surface area contributed by atoms with Crippen molar-refractivity contribution in [3.63, 3.8) is 0 Å². The van der Waals surface area contributed by atoms with Crippen molar-refractivity contribution in [3.05, 3.63) is 35.0 Å². The van der Waals surface area contributed by atoms with Crippen molar-refractivity contribution in [2.75, 3.05) is 13.2 Å². The zero-order chi connectivity index (χ0) is 15.7. The first-order valence-electron chi connectivity index (χ1n) is 8.12. The van der Waals surface area contributed by atoms with Crippen molar-refractivity contribution in [2.24, 2.45) is 0 Å². The third-order valence-electron chi connectivity index (χ3n) is 4.41. The highest BCUT2D eigenvalue weighted by Gasteiger charge is 2.21. The number of hydrogen-bond acceptors (Lipinski definition) is 3. The molecule has 2 aromatic rings. The van der Waals surface area contributed by atoms with Crippen molar-refractivity contribution in [1.82, 2.24) is 9.88 Å². The van der Waals surface area contributed by atoms with Crippen LogP contribution >= 0.6 is 0 Å². The minimum Gasteiger partial charge on any atom is -0.465 e. The van der Waals surface area contributed by atoms with Crippen LogP contribution in [0.15, 0.2) is 18.2 Å². The molecule has 1 aromatic heterocycles. The normalized spacial score (nSPS) is 14.4. The largest absolute Gasteiger partial charge is 0.465 e. The maximum atomic E-state index is 12.0. The van der Waals surface area contributed by atoms with Crippen LogP contribution in [-0.2, 0) is 29.0 Å². The van der Waals surface area contributed by atoms with Crippen molar-refractivity contribution in [1.29, 1.82) is 0 Å². The van der Waals surface area contributed by atoms with Gasteiger partial charge in [-0.2, -0.15) is 0 Å². The van der Waals surface area contributed by atoms with Crippen molar-refractivity contribution in [2.45, 2.75) is 46.2 Å². The van der Waals surface area contributed by atoms with Gasteiger partial charge >= 0.3 is 5.97 Å². The summed E-state index contributed by atoms with van der Waals surface area (Å²) in [4.78, 5) is 12.0. The Morgan fingerprint density at radius 3 is 2.95 bits per heavy atom. The van der Waals surface area contributed by atoms with E-state index in [1.54, 1.807) is 0 Å². The zero-order valence-electron chi connectivity index (χ0n) is 13.6. The van der Waals surface area contributed by atoms with E-state index in [0.717, 1.165) is 25.0 Å². The Bertz CT molecular complexity index is 701. The summed E-state index contributed by atoms with van der Waals surface area (Å²) in [6.07, 6.45) is 0.959. The Labute approximate surface area is 131 Å². The summed E-state index contributed by atoms with van der Waals surface area (Å²) in [6.45, 7) is 8.84. The topological polar surface area (TPSA) is 43.3 Å². The van der Waals surface area contributed by atoms with Gasteiger partial charge in [-0.1, -0.05) is 19.9 Å². The molecule has 0 bridgehead atoms. The fourth-order valence-electron chi connectivity index (χ4n) is 3.27. The van der Waals surface area contributed by atoms with Crippen LogP contribution in [0.1, 0.15) is 43.5 Å². The number of carbonyl (C=O) groups is 1. The molecule has 4 nitrogen and oxygen atoms in total. The number of benzene rings is 1. The molecule has 4 heteroatoms. The minimum absolute atomic E-state index is 0.159. The Morgan fingerprint density at radius 2 is 2.23 bits per heavy atom. The maximum Gasteiger partial charge on any atom is 0.325 e. The van der Waals surface area contributed by atoms with Gasteiger partial charge in [-0.3, -0.25) is 4.79 Å². The molecule has 0 spiro atoms. The minimum atomic E-state index is -0.159. The molecule has 0 unspecified atom stereocenters. The first-order valence-corrected chi connectivity index (χ1v) is 8.12. The highest BCUT2D eigenvalue weighted by atomic mass is 16.5. The summed E-state index contributed by atoms with van der Waals surface area (Å²) in [5, 5.41) is 4.72. The smallest absolute Gasteiger partial charge is 0.325 e. The summed E-state index contributed by atoms with van der Waals surface area (Å²) in [5.74, 6) is 0.346. The van der Waals surface area contributed by atoms with Crippen LogP contribution < -0.4 is 5.32 Å². The fourth-order valence-corrected chi connectivity index (χ4v) is 3.27. The monoisotopic (exact) mass is 300 g/mol. The van der Waals surface area contributed by atoms with Gasteiger partial charge in [-0.15, -0.1) is 0 Å². The summed E-state index contributed by atoms with van der Waals surface area (Å²) in [5.41, 5.74) is 5.11. The van der Waals surface area contributed by atoms with Gasteiger partial charge in [0.15, 0.2) is 0 Å². The van der Waals surface area contributed by atoms with E-state index in [2.05, 4.69) is 41.9 Å². The van der Waals surface area contributed by atoms with E-state index in [9.17, 15) is 4.79 Å². The van der Waals surface area contributed by atoms with Crippen molar-refractivity contribution < 1.29 is 9.53 Å². The number of carbonyl (C=O) groups excluding carboxylic acids is 1. The van der Waals surface area contributed by atoms with Gasteiger partial charge < -0.3 is 14.6 Å². The number of fused-ring (bicyclic) bond motifs is 3. The molecule has 1 aliphatic rings. The molecule has 1 N–H and O–H groups in total. The second-order valence-corrected chi connectivity index (χ2v) is 6.17. The van der Waals surface area contributed by atoms with E-state index < -0.39 is 0 Å². The number of ether oxygens (including phenoxy) is 1. The number of nitrogens with zero attached hydrogens (tertiary/aromatic N) is 1. The van der Waals surface area contributed by atoms with Crippen LogP contribution in [0, 0.1) is 0 Å². The van der Waals surface area contributed by atoms with Gasteiger partial charge in [0.25, 0.3) is 0 Å². The van der Waals surface area contributed by atoms with Crippen LogP contribution in [0.4, 0.5) is 0 Å². The number of hydrogen-bond donors (Lipinski definition) is 1. The lowest BCUT2D eigenvalue weighted by Gasteiger charge is -2.16. The summed E-state index contributed by atoms with van der Waals surface area (Å²) < 4.78 is 7.29. The van der Waals surface area contributed by atoms with Gasteiger partial charge in [-0.05, 0) is 36.1 Å². The molecule has 1 aromatic carbocycles. The number of rotatable bonds is 4. The van der Waals surface area contributed by atoms with E-state index >= 15 is 0 Å². The van der Waals surface area contributed by atoms with Gasteiger partial charge in [0.1, 0.15) is 6.54 Å². The molecule has 2 heterocycles. The second kappa shape index (κ2) is 6.13. The Balaban J connectivity index is 2.12. The molecule has 0 atom stereocenters. The van der Waals surface area contributed by atoms with E-state index in [1.807, 2.05) is 6.92 Å². The summed E-state index contributed by atoms with van der Waals surface area (Å²) in [6, 6.07) is 6.61. The maximum absolute atomic E-state index is 12.0. The number of nitrogens with one attached hydrogen (secondary N) is 1. The lowest BCUT2D eigenvalue weighted by molar-refractivity contribution is -0.143. The van der Waals surface area contributed by atoms with Crippen LogP contribution in [0.5, 0.6) is 0 Å². The predicted molar refractivity (Wildman–Crippen MR) is 88.1 cm³/mol. The molecule has 3 rings (SSSR count). The average Bonchev–Trinajstić information content (AvgIpc) is 2.81. The Hall–Kier alpha value is -1.81.